The van der Waals surface area contributed by atoms with Gasteiger partial charge < -0.3 is 10.5 Å². The quantitative estimate of drug-likeness (QED) is 0.795. The summed E-state index contributed by atoms with van der Waals surface area (Å²) in [7, 11) is 0. The Morgan fingerprint density at radius 3 is 2.53 bits per heavy atom. The lowest BCUT2D eigenvalue weighted by Gasteiger charge is -2.12. The van der Waals surface area contributed by atoms with Gasteiger partial charge in [0.05, 0.1) is 5.56 Å². The standard InChI is InChI=1S/C12H13FN2O4/c1-6-3-4-8(5-9(6)13)11(17)19-7(2)10(16)15-12(14)18/h3-5,7H,1-2H3,(H3,14,15,16,18)/t7-/m0/s1. The van der Waals surface area contributed by atoms with Gasteiger partial charge in [-0.25, -0.2) is 14.0 Å². The van der Waals surface area contributed by atoms with E-state index in [4.69, 9.17) is 10.5 Å². The summed E-state index contributed by atoms with van der Waals surface area (Å²) in [4.78, 5) is 33.4. The molecule has 0 saturated carbocycles. The summed E-state index contributed by atoms with van der Waals surface area (Å²) in [5.41, 5.74) is 5.11. The van der Waals surface area contributed by atoms with Gasteiger partial charge in [0.25, 0.3) is 5.91 Å². The van der Waals surface area contributed by atoms with Crippen LogP contribution >= 0.6 is 0 Å². The van der Waals surface area contributed by atoms with E-state index in [-0.39, 0.29) is 5.56 Å². The minimum atomic E-state index is -1.22. The molecule has 0 spiro atoms. The molecule has 6 nitrogen and oxygen atoms in total. The van der Waals surface area contributed by atoms with Crippen LogP contribution in [0, 0.1) is 12.7 Å². The number of hydrogen-bond donors (Lipinski definition) is 2. The first-order valence-electron chi connectivity index (χ1n) is 5.38. The van der Waals surface area contributed by atoms with Crippen molar-refractivity contribution < 1.29 is 23.5 Å². The lowest BCUT2D eigenvalue weighted by Crippen LogP contribution is -2.42. The molecule has 3 amide bonds. The molecule has 0 saturated heterocycles. The summed E-state index contributed by atoms with van der Waals surface area (Å²) in [5.74, 6) is -2.27. The Morgan fingerprint density at radius 2 is 2.00 bits per heavy atom. The van der Waals surface area contributed by atoms with Gasteiger partial charge in [0, 0.05) is 0 Å². The van der Waals surface area contributed by atoms with Gasteiger partial charge >= 0.3 is 12.0 Å². The van der Waals surface area contributed by atoms with E-state index >= 15 is 0 Å². The fourth-order valence-electron chi connectivity index (χ4n) is 1.23. The van der Waals surface area contributed by atoms with Gasteiger partial charge in [0.1, 0.15) is 5.82 Å². The van der Waals surface area contributed by atoms with Crippen LogP contribution in [-0.2, 0) is 9.53 Å². The molecule has 0 aliphatic rings. The van der Waals surface area contributed by atoms with Crippen LogP contribution < -0.4 is 11.1 Å². The SMILES string of the molecule is Cc1ccc(C(=O)O[C@@H](C)C(=O)NC(N)=O)cc1F. The van der Waals surface area contributed by atoms with E-state index in [0.29, 0.717) is 5.56 Å². The third-order valence-electron chi connectivity index (χ3n) is 2.31. The Morgan fingerprint density at radius 1 is 1.37 bits per heavy atom. The van der Waals surface area contributed by atoms with Gasteiger partial charge in [-0.05, 0) is 31.5 Å². The first-order chi connectivity index (χ1) is 8.81. The molecule has 7 heteroatoms. The smallest absolute Gasteiger partial charge is 0.339 e. The second-order valence-electron chi connectivity index (χ2n) is 3.87. The summed E-state index contributed by atoms with van der Waals surface area (Å²) in [6.45, 7) is 2.81. The number of hydrogen-bond acceptors (Lipinski definition) is 4. The van der Waals surface area contributed by atoms with E-state index in [9.17, 15) is 18.8 Å². The number of aryl methyl sites for hydroxylation is 1. The molecule has 1 aromatic carbocycles. The van der Waals surface area contributed by atoms with E-state index in [1.807, 2.05) is 0 Å². The van der Waals surface area contributed by atoms with E-state index in [0.717, 1.165) is 6.07 Å². The van der Waals surface area contributed by atoms with Crippen LogP contribution in [0.5, 0.6) is 0 Å². The number of imide groups is 1. The number of ether oxygens (including phenoxy) is 1. The first-order valence-corrected chi connectivity index (χ1v) is 5.38. The fourth-order valence-corrected chi connectivity index (χ4v) is 1.23. The lowest BCUT2D eigenvalue weighted by molar-refractivity contribution is -0.127. The lowest BCUT2D eigenvalue weighted by atomic mass is 10.1. The molecule has 0 bridgehead atoms. The summed E-state index contributed by atoms with van der Waals surface area (Å²) in [6, 6.07) is 2.75. The van der Waals surface area contributed by atoms with Crippen molar-refractivity contribution in [1.82, 2.24) is 5.32 Å². The van der Waals surface area contributed by atoms with Crippen LogP contribution in [0.1, 0.15) is 22.8 Å². The number of rotatable bonds is 3. The average molecular weight is 268 g/mol. The van der Waals surface area contributed by atoms with Gasteiger partial charge in [-0.15, -0.1) is 0 Å². The van der Waals surface area contributed by atoms with Crippen LogP contribution in [0.2, 0.25) is 0 Å². The molecule has 1 rings (SSSR count). The number of benzene rings is 1. The van der Waals surface area contributed by atoms with Crippen molar-refractivity contribution in [2.75, 3.05) is 0 Å². The number of esters is 1. The Kier molecular flexibility index (Phi) is 4.57. The third kappa shape index (κ3) is 4.06. The third-order valence-corrected chi connectivity index (χ3v) is 2.31. The molecule has 0 aromatic heterocycles. The summed E-state index contributed by atoms with van der Waals surface area (Å²) in [6.07, 6.45) is -1.22. The highest BCUT2D eigenvalue weighted by molar-refractivity contribution is 5.98. The molecule has 0 unspecified atom stereocenters. The summed E-state index contributed by atoms with van der Waals surface area (Å²) < 4.78 is 18.0. The molecule has 1 aromatic rings. The zero-order chi connectivity index (χ0) is 14.6. The van der Waals surface area contributed by atoms with Crippen LogP contribution in [0.4, 0.5) is 9.18 Å². The minimum absolute atomic E-state index is 0.0261. The predicted molar refractivity (Wildman–Crippen MR) is 63.7 cm³/mol. The first kappa shape index (κ1) is 14.6. The number of urea groups is 1. The number of halogens is 1. The highest BCUT2D eigenvalue weighted by atomic mass is 19.1. The zero-order valence-corrected chi connectivity index (χ0v) is 10.4. The molecular weight excluding hydrogens is 255 g/mol. The number of nitrogens with two attached hydrogens (primary N) is 1. The molecule has 1 atom stereocenters. The number of nitrogens with one attached hydrogen (secondary N) is 1. The van der Waals surface area contributed by atoms with E-state index in [2.05, 4.69) is 0 Å². The van der Waals surface area contributed by atoms with Gasteiger partial charge in [0.15, 0.2) is 6.10 Å². The molecule has 19 heavy (non-hydrogen) atoms. The van der Waals surface area contributed by atoms with Gasteiger partial charge in [0.2, 0.25) is 0 Å². The molecular formula is C12H13FN2O4. The normalized spacial score (nSPS) is 11.5. The van der Waals surface area contributed by atoms with Crippen LogP contribution in [0.3, 0.4) is 0 Å². The van der Waals surface area contributed by atoms with Gasteiger partial charge in [-0.3, -0.25) is 10.1 Å². The Bertz CT molecular complexity index is 530. The molecule has 0 aliphatic carbocycles. The van der Waals surface area contributed by atoms with Crippen molar-refractivity contribution in [2.45, 2.75) is 20.0 Å². The summed E-state index contributed by atoms with van der Waals surface area (Å²) in [5, 5.41) is 1.77. The minimum Gasteiger partial charge on any atom is -0.449 e. The number of primary amides is 1. The maximum Gasteiger partial charge on any atom is 0.339 e. The average Bonchev–Trinajstić information content (AvgIpc) is 2.31. The molecule has 0 heterocycles. The highest BCUT2D eigenvalue weighted by Crippen LogP contribution is 2.11. The van der Waals surface area contributed by atoms with Crippen LogP contribution in [-0.4, -0.2) is 24.0 Å². The summed E-state index contributed by atoms with van der Waals surface area (Å²) >= 11 is 0. The number of amides is 3. The van der Waals surface area contributed by atoms with Gasteiger partial charge in [-0.1, -0.05) is 6.07 Å². The maximum absolute atomic E-state index is 13.3. The second kappa shape index (κ2) is 5.94. The van der Waals surface area contributed by atoms with Crippen molar-refractivity contribution in [3.63, 3.8) is 0 Å². The Labute approximate surface area is 108 Å². The Hall–Kier alpha value is -2.44. The second-order valence-corrected chi connectivity index (χ2v) is 3.87. The molecule has 0 fully saturated rings. The van der Waals surface area contributed by atoms with Crippen LogP contribution in [0.25, 0.3) is 0 Å². The fraction of sp³-hybridized carbons (Fsp3) is 0.250. The van der Waals surface area contributed by atoms with Crippen molar-refractivity contribution >= 4 is 17.9 Å². The Balaban J connectivity index is 2.71. The zero-order valence-electron chi connectivity index (χ0n) is 10.4. The number of carbonyl (C=O) groups is 3. The topological polar surface area (TPSA) is 98.5 Å². The molecule has 3 N–H and O–H groups in total. The maximum atomic E-state index is 13.3. The van der Waals surface area contributed by atoms with E-state index in [1.54, 1.807) is 12.2 Å². The molecule has 0 radical (unpaired) electrons. The van der Waals surface area contributed by atoms with E-state index in [1.165, 1.54) is 19.1 Å². The molecule has 102 valence electrons. The van der Waals surface area contributed by atoms with Crippen LogP contribution in [0.15, 0.2) is 18.2 Å². The number of carbonyl (C=O) groups excluding carboxylic acids is 3. The monoisotopic (exact) mass is 268 g/mol. The van der Waals surface area contributed by atoms with E-state index < -0.39 is 29.8 Å². The highest BCUT2D eigenvalue weighted by Gasteiger charge is 2.20. The van der Waals surface area contributed by atoms with Crippen molar-refractivity contribution in [3.05, 3.63) is 35.1 Å². The predicted octanol–water partition coefficient (Wildman–Crippen LogP) is 0.874. The largest absolute Gasteiger partial charge is 0.449 e. The van der Waals surface area contributed by atoms with Gasteiger partial charge in [-0.2, -0.15) is 0 Å². The van der Waals surface area contributed by atoms with Crippen molar-refractivity contribution in [1.29, 1.82) is 0 Å². The van der Waals surface area contributed by atoms with Crippen molar-refractivity contribution in [2.24, 2.45) is 5.73 Å². The van der Waals surface area contributed by atoms with Crippen molar-refractivity contribution in [3.8, 4) is 0 Å². The molecule has 0 aliphatic heterocycles.